The number of rotatable bonds is 1. The molecule has 0 aromatic heterocycles. The van der Waals surface area contributed by atoms with Crippen molar-refractivity contribution in [2.45, 2.75) is 6.92 Å². The molecule has 0 aliphatic rings. The van der Waals surface area contributed by atoms with Crippen LogP contribution < -0.4 is 0 Å². The normalized spacial score (nSPS) is 10.6. The summed E-state index contributed by atoms with van der Waals surface area (Å²) in [7, 11) is 0. The van der Waals surface area contributed by atoms with Crippen molar-refractivity contribution in [3.8, 4) is 11.1 Å². The summed E-state index contributed by atoms with van der Waals surface area (Å²) in [5.41, 5.74) is 3.89. The van der Waals surface area contributed by atoms with Gasteiger partial charge >= 0.3 is 0 Å². The monoisotopic (exact) mass is 218 g/mol. The number of fused-ring (bicyclic) bond motifs is 1. The van der Waals surface area contributed by atoms with Crippen LogP contribution in [-0.4, -0.2) is 0 Å². The maximum atomic E-state index is 2.26. The third-order valence-electron chi connectivity index (χ3n) is 3.21. The van der Waals surface area contributed by atoms with Crippen LogP contribution in [0.15, 0.2) is 66.7 Å². The molecule has 0 unspecified atom stereocenters. The minimum atomic E-state index is 1.27. The predicted octanol–water partition coefficient (Wildman–Crippen LogP) is 4.82. The van der Waals surface area contributed by atoms with Crippen molar-refractivity contribution in [3.05, 3.63) is 72.3 Å². The topological polar surface area (TPSA) is 0 Å². The predicted molar refractivity (Wildman–Crippen MR) is 74.1 cm³/mol. The van der Waals surface area contributed by atoms with E-state index in [0.29, 0.717) is 0 Å². The first kappa shape index (κ1) is 10.1. The molecular weight excluding hydrogens is 204 g/mol. The molecule has 0 bridgehead atoms. The Bertz CT molecular complexity index is 651. The fourth-order valence-corrected chi connectivity index (χ4v) is 2.26. The number of hydrogen-bond donors (Lipinski definition) is 0. The van der Waals surface area contributed by atoms with Gasteiger partial charge in [-0.2, -0.15) is 0 Å². The maximum Gasteiger partial charge on any atom is -0.0154 e. The van der Waals surface area contributed by atoms with Gasteiger partial charge in [0.15, 0.2) is 0 Å². The van der Waals surface area contributed by atoms with E-state index in [0.717, 1.165) is 0 Å². The van der Waals surface area contributed by atoms with Crippen LogP contribution in [0.2, 0.25) is 0 Å². The lowest BCUT2D eigenvalue weighted by Gasteiger charge is -2.05. The second-order valence-corrected chi connectivity index (χ2v) is 4.38. The SMILES string of the molecule is Cc1cccc2cc(-c3ccccc3)ccc12. The van der Waals surface area contributed by atoms with Crippen molar-refractivity contribution in [2.24, 2.45) is 0 Å². The van der Waals surface area contributed by atoms with Gasteiger partial charge in [-0.1, -0.05) is 60.7 Å². The van der Waals surface area contributed by atoms with Crippen LogP contribution in [0.5, 0.6) is 0 Å². The fourth-order valence-electron chi connectivity index (χ4n) is 2.26. The van der Waals surface area contributed by atoms with Crippen LogP contribution in [0.4, 0.5) is 0 Å². The highest BCUT2D eigenvalue weighted by atomic mass is 14.0. The third kappa shape index (κ3) is 1.83. The van der Waals surface area contributed by atoms with E-state index in [-0.39, 0.29) is 0 Å². The van der Waals surface area contributed by atoms with Gasteiger partial charge in [-0.15, -0.1) is 0 Å². The van der Waals surface area contributed by atoms with Gasteiger partial charge < -0.3 is 0 Å². The minimum Gasteiger partial charge on any atom is -0.0622 e. The number of benzene rings is 3. The summed E-state index contributed by atoms with van der Waals surface area (Å²) in [6, 6.07) is 23.6. The fraction of sp³-hybridized carbons (Fsp3) is 0.0588. The Morgan fingerprint density at radius 1 is 0.647 bits per heavy atom. The Kier molecular flexibility index (Phi) is 2.41. The molecule has 3 rings (SSSR count). The molecule has 0 amide bonds. The molecule has 0 spiro atoms. The minimum absolute atomic E-state index is 1.27. The first-order chi connectivity index (χ1) is 8.34. The molecule has 0 atom stereocenters. The average molecular weight is 218 g/mol. The van der Waals surface area contributed by atoms with Crippen LogP contribution in [0, 0.1) is 6.92 Å². The lowest BCUT2D eigenvalue weighted by atomic mass is 9.99. The van der Waals surface area contributed by atoms with Crippen molar-refractivity contribution in [1.29, 1.82) is 0 Å². The molecule has 0 saturated heterocycles. The number of hydrogen-bond acceptors (Lipinski definition) is 0. The average Bonchev–Trinajstić information content (AvgIpc) is 2.40. The van der Waals surface area contributed by atoms with Gasteiger partial charge in [-0.25, -0.2) is 0 Å². The summed E-state index contributed by atoms with van der Waals surface area (Å²) in [5.74, 6) is 0. The Hall–Kier alpha value is -2.08. The standard InChI is InChI=1S/C17H14/c1-13-6-5-9-16-12-15(10-11-17(13)16)14-7-3-2-4-8-14/h2-12H,1H3. The van der Waals surface area contributed by atoms with E-state index in [9.17, 15) is 0 Å². The molecule has 82 valence electrons. The smallest absolute Gasteiger partial charge is 0.0154 e. The van der Waals surface area contributed by atoms with Gasteiger partial charge in [-0.05, 0) is 40.5 Å². The van der Waals surface area contributed by atoms with Gasteiger partial charge in [0.2, 0.25) is 0 Å². The van der Waals surface area contributed by atoms with E-state index in [1.807, 2.05) is 0 Å². The summed E-state index contributed by atoms with van der Waals surface area (Å²) < 4.78 is 0. The van der Waals surface area contributed by atoms with Crippen LogP contribution >= 0.6 is 0 Å². The Balaban J connectivity index is 2.21. The van der Waals surface area contributed by atoms with E-state index in [4.69, 9.17) is 0 Å². The van der Waals surface area contributed by atoms with Crippen molar-refractivity contribution in [1.82, 2.24) is 0 Å². The van der Waals surface area contributed by atoms with Crippen LogP contribution in [-0.2, 0) is 0 Å². The zero-order chi connectivity index (χ0) is 11.7. The van der Waals surface area contributed by atoms with Crippen molar-refractivity contribution in [2.75, 3.05) is 0 Å². The summed E-state index contributed by atoms with van der Waals surface area (Å²) in [4.78, 5) is 0. The molecule has 0 saturated carbocycles. The summed E-state index contributed by atoms with van der Waals surface area (Å²) in [5, 5.41) is 2.65. The molecule has 0 aliphatic heterocycles. The Labute approximate surface area is 102 Å². The van der Waals surface area contributed by atoms with Gasteiger partial charge in [0.1, 0.15) is 0 Å². The zero-order valence-corrected chi connectivity index (χ0v) is 9.85. The molecular formula is C17H14. The van der Waals surface area contributed by atoms with E-state index < -0.39 is 0 Å². The quantitative estimate of drug-likeness (QED) is 0.549. The van der Waals surface area contributed by atoms with Gasteiger partial charge in [0.05, 0.1) is 0 Å². The van der Waals surface area contributed by atoms with E-state index in [1.54, 1.807) is 0 Å². The molecule has 3 aromatic rings. The summed E-state index contributed by atoms with van der Waals surface area (Å²) in [6.45, 7) is 2.16. The first-order valence-electron chi connectivity index (χ1n) is 5.89. The molecule has 17 heavy (non-hydrogen) atoms. The van der Waals surface area contributed by atoms with Crippen molar-refractivity contribution < 1.29 is 0 Å². The van der Waals surface area contributed by atoms with Crippen molar-refractivity contribution >= 4 is 10.8 Å². The van der Waals surface area contributed by atoms with Gasteiger partial charge in [0.25, 0.3) is 0 Å². The van der Waals surface area contributed by atoms with E-state index >= 15 is 0 Å². The molecule has 0 nitrogen and oxygen atoms in total. The Morgan fingerprint density at radius 3 is 2.29 bits per heavy atom. The third-order valence-corrected chi connectivity index (χ3v) is 3.21. The van der Waals surface area contributed by atoms with Crippen LogP contribution in [0.1, 0.15) is 5.56 Å². The second kappa shape index (κ2) is 4.06. The molecule has 0 heteroatoms. The summed E-state index contributed by atoms with van der Waals surface area (Å²) >= 11 is 0. The molecule has 0 N–H and O–H groups in total. The summed E-state index contributed by atoms with van der Waals surface area (Å²) in [6.07, 6.45) is 0. The highest BCUT2D eigenvalue weighted by Gasteiger charge is 2.00. The van der Waals surface area contributed by atoms with Crippen molar-refractivity contribution in [3.63, 3.8) is 0 Å². The van der Waals surface area contributed by atoms with Gasteiger partial charge in [-0.3, -0.25) is 0 Å². The van der Waals surface area contributed by atoms with Crippen LogP contribution in [0.3, 0.4) is 0 Å². The molecule has 0 aliphatic carbocycles. The zero-order valence-electron chi connectivity index (χ0n) is 9.85. The largest absolute Gasteiger partial charge is 0.0622 e. The molecule has 0 fully saturated rings. The van der Waals surface area contributed by atoms with Crippen LogP contribution in [0.25, 0.3) is 21.9 Å². The highest BCUT2D eigenvalue weighted by molar-refractivity contribution is 5.89. The second-order valence-electron chi connectivity index (χ2n) is 4.38. The maximum absolute atomic E-state index is 2.26. The van der Waals surface area contributed by atoms with Gasteiger partial charge in [0, 0.05) is 0 Å². The van der Waals surface area contributed by atoms with E-state index in [2.05, 4.69) is 73.7 Å². The highest BCUT2D eigenvalue weighted by Crippen LogP contribution is 2.25. The van der Waals surface area contributed by atoms with E-state index in [1.165, 1.54) is 27.5 Å². The number of aryl methyl sites for hydroxylation is 1. The first-order valence-corrected chi connectivity index (χ1v) is 5.89. The lowest BCUT2D eigenvalue weighted by Crippen LogP contribution is -1.81. The molecule has 0 heterocycles. The molecule has 0 radical (unpaired) electrons. The molecule has 3 aromatic carbocycles. The lowest BCUT2D eigenvalue weighted by molar-refractivity contribution is 1.53. The Morgan fingerprint density at radius 2 is 1.47 bits per heavy atom.